The number of hydrogen-bond acceptors (Lipinski definition) is 2. The molecule has 2 heterocycles. The molecule has 0 aliphatic carbocycles. The number of H-pyrrole nitrogens is 1. The van der Waals surface area contributed by atoms with Gasteiger partial charge in [0.05, 0.1) is 12.5 Å². The van der Waals surface area contributed by atoms with Crippen molar-refractivity contribution >= 4 is 16.8 Å². The third kappa shape index (κ3) is 4.54. The molecule has 4 nitrogen and oxygen atoms in total. The second-order valence-corrected chi connectivity index (χ2v) is 8.40. The lowest BCUT2D eigenvalue weighted by Crippen LogP contribution is -2.42. The van der Waals surface area contributed by atoms with Gasteiger partial charge in [0.1, 0.15) is 0 Å². The molecule has 0 spiro atoms. The number of hydrogen-bond donors (Lipinski definition) is 2. The van der Waals surface area contributed by atoms with Crippen LogP contribution in [0.5, 0.6) is 0 Å². The summed E-state index contributed by atoms with van der Waals surface area (Å²) in [4.78, 5) is 18.8. The molecule has 1 aliphatic rings. The maximum absolute atomic E-state index is 12.8. The van der Waals surface area contributed by atoms with Crippen molar-refractivity contribution in [3.63, 3.8) is 0 Å². The Labute approximate surface area is 173 Å². The van der Waals surface area contributed by atoms with E-state index in [1.807, 2.05) is 19.1 Å². The van der Waals surface area contributed by atoms with Crippen LogP contribution < -0.4 is 5.32 Å². The van der Waals surface area contributed by atoms with Crippen molar-refractivity contribution < 1.29 is 4.79 Å². The number of fused-ring (bicyclic) bond motifs is 1. The number of amides is 1. The number of nitrogens with one attached hydrogen (secondary N) is 2. The number of piperidine rings is 1. The minimum atomic E-state index is 0.0872. The lowest BCUT2D eigenvalue weighted by molar-refractivity contribution is -0.120. The number of aromatic amines is 1. The van der Waals surface area contributed by atoms with Crippen molar-refractivity contribution in [2.24, 2.45) is 5.92 Å². The molecule has 2 aromatic carbocycles. The first-order chi connectivity index (χ1) is 14.1. The Hall–Kier alpha value is -2.59. The van der Waals surface area contributed by atoms with Crippen molar-refractivity contribution in [1.29, 1.82) is 0 Å². The second-order valence-electron chi connectivity index (χ2n) is 8.40. The van der Waals surface area contributed by atoms with Crippen LogP contribution in [0.4, 0.5) is 0 Å². The van der Waals surface area contributed by atoms with Crippen molar-refractivity contribution in [2.75, 3.05) is 19.6 Å². The molecule has 0 bridgehead atoms. The van der Waals surface area contributed by atoms with Gasteiger partial charge in [-0.15, -0.1) is 0 Å². The average molecular weight is 390 g/mol. The molecule has 0 saturated carbocycles. The van der Waals surface area contributed by atoms with Crippen LogP contribution in [0.15, 0.2) is 54.6 Å². The van der Waals surface area contributed by atoms with E-state index in [-0.39, 0.29) is 11.9 Å². The Morgan fingerprint density at radius 3 is 2.55 bits per heavy atom. The van der Waals surface area contributed by atoms with Gasteiger partial charge in [-0.2, -0.15) is 0 Å². The number of aryl methyl sites for hydroxylation is 1. The quantitative estimate of drug-likeness (QED) is 0.647. The fourth-order valence-electron chi connectivity index (χ4n) is 4.47. The summed E-state index contributed by atoms with van der Waals surface area (Å²) in [6.45, 7) is 7.22. The smallest absolute Gasteiger partial charge is 0.224 e. The predicted octanol–water partition coefficient (Wildman–Crippen LogP) is 4.61. The van der Waals surface area contributed by atoms with Crippen LogP contribution in [-0.2, 0) is 11.2 Å². The minimum absolute atomic E-state index is 0.0872. The summed E-state index contributed by atoms with van der Waals surface area (Å²) in [5.74, 6) is 0.881. The van der Waals surface area contributed by atoms with E-state index < -0.39 is 0 Å². The van der Waals surface area contributed by atoms with E-state index >= 15 is 0 Å². The maximum Gasteiger partial charge on any atom is 0.224 e. The predicted molar refractivity (Wildman–Crippen MR) is 119 cm³/mol. The van der Waals surface area contributed by atoms with Crippen LogP contribution >= 0.6 is 0 Å². The van der Waals surface area contributed by atoms with Gasteiger partial charge >= 0.3 is 0 Å². The zero-order chi connectivity index (χ0) is 20.2. The number of benzene rings is 2. The largest absolute Gasteiger partial charge is 0.358 e. The molecular weight excluding hydrogens is 358 g/mol. The highest BCUT2D eigenvalue weighted by Crippen LogP contribution is 2.27. The summed E-state index contributed by atoms with van der Waals surface area (Å²) in [5, 5.41) is 4.37. The monoisotopic (exact) mass is 389 g/mol. The molecule has 1 atom stereocenters. The standard InChI is InChI=1S/C25H31N3O/c1-18-12-14-28(15-13-18)24(20-8-4-3-5-9-20)17-26-25(29)16-22-19(2)27-23-11-7-6-10-21(22)23/h3-11,18,24,27H,12-17H2,1-2H3,(H,26,29). The molecule has 4 rings (SSSR count). The highest BCUT2D eigenvalue weighted by atomic mass is 16.1. The van der Waals surface area contributed by atoms with Gasteiger partial charge in [-0.1, -0.05) is 55.5 Å². The number of aromatic nitrogens is 1. The summed E-state index contributed by atoms with van der Waals surface area (Å²) in [7, 11) is 0. The minimum Gasteiger partial charge on any atom is -0.358 e. The molecule has 152 valence electrons. The number of carbonyl (C=O) groups is 1. The van der Waals surface area contributed by atoms with E-state index in [1.54, 1.807) is 0 Å². The molecule has 1 aliphatic heterocycles. The molecule has 1 aromatic heterocycles. The zero-order valence-electron chi connectivity index (χ0n) is 17.4. The Bertz CT molecular complexity index is 955. The number of para-hydroxylation sites is 1. The number of likely N-dealkylation sites (tertiary alicyclic amines) is 1. The van der Waals surface area contributed by atoms with Gasteiger partial charge in [-0.25, -0.2) is 0 Å². The Morgan fingerprint density at radius 1 is 1.10 bits per heavy atom. The van der Waals surface area contributed by atoms with E-state index in [1.165, 1.54) is 18.4 Å². The van der Waals surface area contributed by atoms with E-state index in [4.69, 9.17) is 0 Å². The SMILES string of the molecule is Cc1[nH]c2ccccc2c1CC(=O)NCC(c1ccccc1)N1CCC(C)CC1. The lowest BCUT2D eigenvalue weighted by atomic mass is 9.95. The van der Waals surface area contributed by atoms with Crippen molar-refractivity contribution in [3.05, 3.63) is 71.4 Å². The van der Waals surface area contributed by atoms with Gasteiger partial charge < -0.3 is 10.3 Å². The summed E-state index contributed by atoms with van der Waals surface area (Å²) in [5.41, 5.74) is 4.55. The van der Waals surface area contributed by atoms with Crippen LogP contribution in [0.25, 0.3) is 10.9 Å². The molecule has 2 N–H and O–H groups in total. The van der Waals surface area contributed by atoms with Crippen LogP contribution in [0, 0.1) is 12.8 Å². The maximum atomic E-state index is 12.8. The molecule has 3 aromatic rings. The first-order valence-corrected chi connectivity index (χ1v) is 10.7. The van der Waals surface area contributed by atoms with E-state index in [0.29, 0.717) is 13.0 Å². The molecule has 1 amide bonds. The number of rotatable bonds is 6. The van der Waals surface area contributed by atoms with Gasteiger partial charge in [0.25, 0.3) is 0 Å². The van der Waals surface area contributed by atoms with Gasteiger partial charge in [0, 0.05) is 23.1 Å². The van der Waals surface area contributed by atoms with Crippen molar-refractivity contribution in [1.82, 2.24) is 15.2 Å². The molecule has 1 fully saturated rings. The summed E-state index contributed by atoms with van der Waals surface area (Å²) in [6.07, 6.45) is 2.87. The van der Waals surface area contributed by atoms with Gasteiger partial charge in [-0.05, 0) is 56.0 Å². The van der Waals surface area contributed by atoms with E-state index in [2.05, 4.69) is 64.6 Å². The first kappa shape index (κ1) is 19.7. The molecule has 1 unspecified atom stereocenters. The van der Waals surface area contributed by atoms with Gasteiger partial charge in [0.15, 0.2) is 0 Å². The van der Waals surface area contributed by atoms with Crippen molar-refractivity contribution in [3.8, 4) is 0 Å². The molecule has 4 heteroatoms. The lowest BCUT2D eigenvalue weighted by Gasteiger charge is -2.37. The second kappa shape index (κ2) is 8.83. The highest BCUT2D eigenvalue weighted by Gasteiger charge is 2.25. The summed E-state index contributed by atoms with van der Waals surface area (Å²) >= 11 is 0. The fraction of sp³-hybridized carbons (Fsp3) is 0.400. The fourth-order valence-corrected chi connectivity index (χ4v) is 4.47. The topological polar surface area (TPSA) is 48.1 Å². The molecular formula is C25H31N3O. The summed E-state index contributed by atoms with van der Waals surface area (Å²) < 4.78 is 0. The van der Waals surface area contributed by atoms with Crippen LogP contribution in [-0.4, -0.2) is 35.4 Å². The Morgan fingerprint density at radius 2 is 1.79 bits per heavy atom. The van der Waals surface area contributed by atoms with E-state index in [9.17, 15) is 4.79 Å². The average Bonchev–Trinajstić information content (AvgIpc) is 3.05. The molecule has 1 saturated heterocycles. The third-order valence-corrected chi connectivity index (χ3v) is 6.30. The Balaban J connectivity index is 1.45. The highest BCUT2D eigenvalue weighted by molar-refractivity contribution is 5.90. The summed E-state index contributed by atoms with van der Waals surface area (Å²) in [6, 6.07) is 19.0. The third-order valence-electron chi connectivity index (χ3n) is 6.30. The van der Waals surface area contributed by atoms with Gasteiger partial charge in [-0.3, -0.25) is 9.69 Å². The number of carbonyl (C=O) groups excluding carboxylic acids is 1. The first-order valence-electron chi connectivity index (χ1n) is 10.7. The zero-order valence-corrected chi connectivity index (χ0v) is 17.4. The van der Waals surface area contributed by atoms with Crippen LogP contribution in [0.1, 0.15) is 42.6 Å². The normalized spacial score (nSPS) is 16.8. The molecule has 0 radical (unpaired) electrons. The van der Waals surface area contributed by atoms with Crippen molar-refractivity contribution in [2.45, 2.75) is 39.2 Å². The Kier molecular flexibility index (Phi) is 6.00. The van der Waals surface area contributed by atoms with Gasteiger partial charge in [0.2, 0.25) is 5.91 Å². The van der Waals surface area contributed by atoms with Crippen LogP contribution in [0.3, 0.4) is 0 Å². The van der Waals surface area contributed by atoms with Crippen LogP contribution in [0.2, 0.25) is 0 Å². The molecule has 29 heavy (non-hydrogen) atoms. The number of nitrogens with zero attached hydrogens (tertiary/aromatic N) is 1. The van der Waals surface area contributed by atoms with E-state index in [0.717, 1.165) is 41.2 Å².